The Hall–Kier alpha value is -1.76. The summed E-state index contributed by atoms with van der Waals surface area (Å²) in [6.07, 6.45) is 5.96. The minimum atomic E-state index is -0.242. The zero-order chi connectivity index (χ0) is 17.1. The highest BCUT2D eigenvalue weighted by Crippen LogP contribution is 2.34. The van der Waals surface area contributed by atoms with E-state index in [1.165, 1.54) is 12.1 Å². The van der Waals surface area contributed by atoms with Gasteiger partial charge in [0.1, 0.15) is 11.4 Å². The molecule has 0 amide bonds. The van der Waals surface area contributed by atoms with Gasteiger partial charge < -0.3 is 9.47 Å². The lowest BCUT2D eigenvalue weighted by Gasteiger charge is -2.32. The Labute approximate surface area is 147 Å². The third-order valence-electron chi connectivity index (χ3n) is 5.04. The van der Waals surface area contributed by atoms with Crippen molar-refractivity contribution in [3.05, 3.63) is 54.1 Å². The van der Waals surface area contributed by atoms with Crippen LogP contribution in [0.4, 0.5) is 4.39 Å². The average Bonchev–Trinajstić information content (AvgIpc) is 3.20. The third kappa shape index (κ3) is 4.08. The van der Waals surface area contributed by atoms with Gasteiger partial charge in [-0.1, -0.05) is 12.1 Å². The third-order valence-corrected chi connectivity index (χ3v) is 5.04. The van der Waals surface area contributed by atoms with Crippen molar-refractivity contribution in [2.75, 3.05) is 26.3 Å². The lowest BCUT2D eigenvalue weighted by Crippen LogP contribution is -2.44. The number of ether oxygens (including phenoxy) is 2. The monoisotopic (exact) mass is 345 g/mol. The molecule has 2 atom stereocenters. The van der Waals surface area contributed by atoms with Gasteiger partial charge in [0.05, 0.1) is 25.9 Å². The standard InChI is InChI=1S/C19H24FN3O2/c20-17-4-2-16(3-5-17)12-22-10-11-24-15-19(14-22)7-6-18(25-19)13-23-9-1-8-21-23/h1-5,8-9,18H,6-7,10-15H2. The molecule has 2 aromatic rings. The molecular formula is C19H24FN3O2. The van der Waals surface area contributed by atoms with Crippen molar-refractivity contribution in [2.45, 2.75) is 37.6 Å². The molecule has 5 nitrogen and oxygen atoms in total. The van der Waals surface area contributed by atoms with E-state index in [0.717, 1.165) is 44.6 Å². The van der Waals surface area contributed by atoms with Crippen LogP contribution in [0.15, 0.2) is 42.7 Å². The normalized spacial score (nSPS) is 27.6. The van der Waals surface area contributed by atoms with Crippen LogP contribution in [0.3, 0.4) is 0 Å². The summed E-state index contributed by atoms with van der Waals surface area (Å²) in [6, 6.07) is 8.68. The first kappa shape index (κ1) is 16.7. The Morgan fingerprint density at radius 1 is 1.28 bits per heavy atom. The molecular weight excluding hydrogens is 321 g/mol. The summed E-state index contributed by atoms with van der Waals surface area (Å²) in [4.78, 5) is 2.36. The van der Waals surface area contributed by atoms with Gasteiger partial charge >= 0.3 is 0 Å². The molecule has 1 aromatic heterocycles. The maximum Gasteiger partial charge on any atom is 0.123 e. The summed E-state index contributed by atoms with van der Waals surface area (Å²) in [6.45, 7) is 4.64. The van der Waals surface area contributed by atoms with E-state index in [9.17, 15) is 4.39 Å². The minimum Gasteiger partial charge on any atom is -0.377 e. The van der Waals surface area contributed by atoms with Gasteiger partial charge in [0.15, 0.2) is 0 Å². The molecule has 134 valence electrons. The summed E-state index contributed by atoms with van der Waals surface area (Å²) < 4.78 is 27.3. The Morgan fingerprint density at radius 2 is 2.16 bits per heavy atom. The summed E-state index contributed by atoms with van der Waals surface area (Å²) in [5.74, 6) is -0.194. The number of nitrogens with zero attached hydrogens (tertiary/aromatic N) is 3. The van der Waals surface area contributed by atoms with Crippen LogP contribution >= 0.6 is 0 Å². The molecule has 2 unspecified atom stereocenters. The van der Waals surface area contributed by atoms with Gasteiger partial charge in [-0.15, -0.1) is 0 Å². The number of hydrogen-bond donors (Lipinski definition) is 0. The van der Waals surface area contributed by atoms with Crippen LogP contribution in [0.1, 0.15) is 18.4 Å². The molecule has 0 saturated carbocycles. The number of benzene rings is 1. The highest BCUT2D eigenvalue weighted by molar-refractivity contribution is 5.16. The van der Waals surface area contributed by atoms with Crippen molar-refractivity contribution in [3.63, 3.8) is 0 Å². The molecule has 0 radical (unpaired) electrons. The molecule has 6 heteroatoms. The van der Waals surface area contributed by atoms with E-state index in [4.69, 9.17) is 9.47 Å². The van der Waals surface area contributed by atoms with Gasteiger partial charge in [-0.3, -0.25) is 9.58 Å². The highest BCUT2D eigenvalue weighted by atomic mass is 19.1. The molecule has 2 aliphatic rings. The minimum absolute atomic E-state index is 0.175. The fraction of sp³-hybridized carbons (Fsp3) is 0.526. The highest BCUT2D eigenvalue weighted by Gasteiger charge is 2.43. The smallest absolute Gasteiger partial charge is 0.123 e. The van der Waals surface area contributed by atoms with Crippen molar-refractivity contribution in [1.82, 2.24) is 14.7 Å². The molecule has 2 aliphatic heterocycles. The topological polar surface area (TPSA) is 39.5 Å². The van der Waals surface area contributed by atoms with Crippen molar-refractivity contribution in [1.29, 1.82) is 0 Å². The van der Waals surface area contributed by atoms with Gasteiger partial charge in [-0.25, -0.2) is 4.39 Å². The number of hydrogen-bond acceptors (Lipinski definition) is 4. The second-order valence-electron chi connectivity index (χ2n) is 7.08. The van der Waals surface area contributed by atoms with Crippen LogP contribution < -0.4 is 0 Å². The lowest BCUT2D eigenvalue weighted by molar-refractivity contribution is -0.0904. The molecule has 25 heavy (non-hydrogen) atoms. The second kappa shape index (κ2) is 7.23. The summed E-state index contributed by atoms with van der Waals surface area (Å²) in [5.41, 5.74) is 0.874. The van der Waals surface area contributed by atoms with E-state index in [-0.39, 0.29) is 17.5 Å². The van der Waals surface area contributed by atoms with Crippen LogP contribution in [-0.2, 0) is 22.6 Å². The van der Waals surface area contributed by atoms with Gasteiger partial charge in [-0.05, 0) is 36.6 Å². The first-order valence-corrected chi connectivity index (χ1v) is 8.91. The fourth-order valence-electron chi connectivity index (χ4n) is 3.83. The molecule has 1 spiro atoms. The molecule has 0 N–H and O–H groups in total. The molecule has 1 aromatic carbocycles. The molecule has 0 aliphatic carbocycles. The van der Waals surface area contributed by atoms with Gasteiger partial charge in [-0.2, -0.15) is 5.10 Å². The van der Waals surface area contributed by atoms with Crippen molar-refractivity contribution in [2.24, 2.45) is 0 Å². The van der Waals surface area contributed by atoms with E-state index >= 15 is 0 Å². The van der Waals surface area contributed by atoms with Crippen LogP contribution in [0.2, 0.25) is 0 Å². The van der Waals surface area contributed by atoms with Crippen LogP contribution in [-0.4, -0.2) is 52.7 Å². The molecule has 0 bridgehead atoms. The maximum absolute atomic E-state index is 13.1. The molecule has 4 rings (SSSR count). The first-order valence-electron chi connectivity index (χ1n) is 8.91. The van der Waals surface area contributed by atoms with Crippen molar-refractivity contribution < 1.29 is 13.9 Å². The van der Waals surface area contributed by atoms with E-state index in [1.807, 2.05) is 29.1 Å². The Morgan fingerprint density at radius 3 is 2.96 bits per heavy atom. The Kier molecular flexibility index (Phi) is 4.83. The maximum atomic E-state index is 13.1. The van der Waals surface area contributed by atoms with Gasteiger partial charge in [0.25, 0.3) is 0 Å². The van der Waals surface area contributed by atoms with E-state index in [0.29, 0.717) is 13.2 Å². The van der Waals surface area contributed by atoms with Crippen molar-refractivity contribution >= 4 is 0 Å². The first-order chi connectivity index (χ1) is 12.2. The van der Waals surface area contributed by atoms with E-state index in [1.54, 1.807) is 6.20 Å². The summed E-state index contributed by atoms with van der Waals surface area (Å²) >= 11 is 0. The predicted molar refractivity (Wildman–Crippen MR) is 91.6 cm³/mol. The van der Waals surface area contributed by atoms with E-state index in [2.05, 4.69) is 10.00 Å². The largest absolute Gasteiger partial charge is 0.377 e. The lowest BCUT2D eigenvalue weighted by atomic mass is 10.00. The predicted octanol–water partition coefficient (Wildman–Crippen LogP) is 2.47. The number of rotatable bonds is 4. The van der Waals surface area contributed by atoms with Crippen molar-refractivity contribution in [3.8, 4) is 0 Å². The van der Waals surface area contributed by atoms with Gasteiger partial charge in [0.2, 0.25) is 0 Å². The zero-order valence-electron chi connectivity index (χ0n) is 14.3. The fourth-order valence-corrected chi connectivity index (χ4v) is 3.83. The molecule has 2 saturated heterocycles. The quantitative estimate of drug-likeness (QED) is 0.853. The summed E-state index contributed by atoms with van der Waals surface area (Å²) in [5, 5.41) is 4.27. The van der Waals surface area contributed by atoms with Crippen LogP contribution in [0.25, 0.3) is 0 Å². The van der Waals surface area contributed by atoms with Crippen LogP contribution in [0.5, 0.6) is 0 Å². The number of aromatic nitrogens is 2. The zero-order valence-corrected chi connectivity index (χ0v) is 14.3. The average molecular weight is 345 g/mol. The number of halogens is 1. The molecule has 3 heterocycles. The Bertz CT molecular complexity index is 676. The second-order valence-corrected chi connectivity index (χ2v) is 7.08. The van der Waals surface area contributed by atoms with Gasteiger partial charge in [0, 0.05) is 32.0 Å². The Balaban J connectivity index is 1.40. The SMILES string of the molecule is Fc1ccc(CN2CCOCC3(CCC(Cn4cccn4)O3)C2)cc1. The van der Waals surface area contributed by atoms with E-state index < -0.39 is 0 Å². The molecule has 2 fully saturated rings. The summed E-state index contributed by atoms with van der Waals surface area (Å²) in [7, 11) is 0. The van der Waals surface area contributed by atoms with Crippen LogP contribution in [0, 0.1) is 5.82 Å².